The Labute approximate surface area is 113 Å². The third-order valence-electron chi connectivity index (χ3n) is 3.27. The van der Waals surface area contributed by atoms with Crippen molar-refractivity contribution in [2.75, 3.05) is 20.1 Å². The van der Waals surface area contributed by atoms with E-state index < -0.39 is 0 Å². The molecule has 18 heavy (non-hydrogen) atoms. The fourth-order valence-electron chi connectivity index (χ4n) is 2.49. The van der Waals surface area contributed by atoms with Gasteiger partial charge in [-0.15, -0.1) is 0 Å². The zero-order chi connectivity index (χ0) is 14.3. The van der Waals surface area contributed by atoms with Crippen molar-refractivity contribution in [2.45, 2.75) is 48.0 Å². The van der Waals surface area contributed by atoms with Crippen molar-refractivity contribution in [2.24, 2.45) is 23.2 Å². The summed E-state index contributed by atoms with van der Waals surface area (Å²) >= 11 is 0. The monoisotopic (exact) mass is 256 g/mol. The van der Waals surface area contributed by atoms with Gasteiger partial charge in [0.05, 0.1) is 5.92 Å². The second-order valence-corrected chi connectivity index (χ2v) is 6.89. The van der Waals surface area contributed by atoms with E-state index in [0.29, 0.717) is 11.8 Å². The largest absolute Gasteiger partial charge is 0.355 e. The Morgan fingerprint density at radius 1 is 1.17 bits per heavy atom. The Bertz CT molecular complexity index is 247. The molecule has 2 N–H and O–H groups in total. The molecule has 3 heteroatoms. The number of carbonyl (C=O) groups excluding carboxylic acids is 1. The molecule has 0 fully saturated rings. The minimum absolute atomic E-state index is 0.0600. The van der Waals surface area contributed by atoms with Gasteiger partial charge in [0.15, 0.2) is 0 Å². The third-order valence-corrected chi connectivity index (χ3v) is 3.27. The summed E-state index contributed by atoms with van der Waals surface area (Å²) in [6.45, 7) is 14.6. The quantitative estimate of drug-likeness (QED) is 0.701. The molecular formula is C15H32N2O. The third kappa shape index (κ3) is 7.00. The van der Waals surface area contributed by atoms with Crippen LogP contribution in [-0.2, 0) is 4.79 Å². The van der Waals surface area contributed by atoms with Gasteiger partial charge in [-0.3, -0.25) is 4.79 Å². The summed E-state index contributed by atoms with van der Waals surface area (Å²) in [5.74, 6) is 1.27. The van der Waals surface area contributed by atoms with Gasteiger partial charge in [-0.05, 0) is 30.7 Å². The van der Waals surface area contributed by atoms with E-state index in [2.05, 4.69) is 52.2 Å². The second kappa shape index (κ2) is 7.78. The van der Waals surface area contributed by atoms with Gasteiger partial charge in [-0.2, -0.15) is 0 Å². The number of nitrogens with one attached hydrogen (secondary N) is 2. The molecule has 1 unspecified atom stereocenters. The van der Waals surface area contributed by atoms with Gasteiger partial charge in [-0.1, -0.05) is 41.5 Å². The standard InChI is InChI=1S/C15H32N2O/c1-11(2)8-15(5,6)10-17-14(18)13(9-16-7)12(3)4/h11-13,16H,8-10H2,1-7H3,(H,17,18). The van der Waals surface area contributed by atoms with Crippen molar-refractivity contribution in [3.63, 3.8) is 0 Å². The van der Waals surface area contributed by atoms with E-state index in [1.165, 1.54) is 0 Å². The van der Waals surface area contributed by atoms with Crippen LogP contribution in [-0.4, -0.2) is 26.0 Å². The van der Waals surface area contributed by atoms with E-state index in [-0.39, 0.29) is 17.2 Å². The predicted molar refractivity (Wildman–Crippen MR) is 78.5 cm³/mol. The van der Waals surface area contributed by atoms with Crippen molar-refractivity contribution < 1.29 is 4.79 Å². The molecule has 0 rings (SSSR count). The number of rotatable bonds is 8. The lowest BCUT2D eigenvalue weighted by Gasteiger charge is -2.28. The molecule has 1 atom stereocenters. The first-order valence-corrected chi connectivity index (χ1v) is 7.12. The van der Waals surface area contributed by atoms with Gasteiger partial charge in [-0.25, -0.2) is 0 Å². The first-order chi connectivity index (χ1) is 8.19. The molecule has 0 aromatic rings. The maximum Gasteiger partial charge on any atom is 0.224 e. The molecule has 0 saturated heterocycles. The Balaban J connectivity index is 4.30. The summed E-state index contributed by atoms with van der Waals surface area (Å²) in [7, 11) is 1.89. The molecule has 0 spiro atoms. The Hall–Kier alpha value is -0.570. The highest BCUT2D eigenvalue weighted by molar-refractivity contribution is 5.79. The molecule has 0 aliphatic heterocycles. The van der Waals surface area contributed by atoms with Crippen LogP contribution in [0, 0.1) is 23.2 Å². The van der Waals surface area contributed by atoms with Gasteiger partial charge in [0.1, 0.15) is 0 Å². The Kier molecular flexibility index (Phi) is 7.53. The normalized spacial score (nSPS) is 14.1. The molecule has 0 aliphatic rings. The average molecular weight is 256 g/mol. The summed E-state index contributed by atoms with van der Waals surface area (Å²) < 4.78 is 0. The summed E-state index contributed by atoms with van der Waals surface area (Å²) in [5.41, 5.74) is 0.172. The molecule has 3 nitrogen and oxygen atoms in total. The van der Waals surface area contributed by atoms with E-state index >= 15 is 0 Å². The SMILES string of the molecule is CNCC(C(=O)NCC(C)(C)CC(C)C)C(C)C. The van der Waals surface area contributed by atoms with Gasteiger partial charge >= 0.3 is 0 Å². The first kappa shape index (κ1) is 17.4. The van der Waals surface area contributed by atoms with Crippen molar-refractivity contribution >= 4 is 5.91 Å². The van der Waals surface area contributed by atoms with Crippen molar-refractivity contribution in [1.82, 2.24) is 10.6 Å². The minimum atomic E-state index is 0.0600. The van der Waals surface area contributed by atoms with Crippen LogP contribution < -0.4 is 10.6 Å². The maximum atomic E-state index is 12.2. The maximum absolute atomic E-state index is 12.2. The van der Waals surface area contributed by atoms with Crippen molar-refractivity contribution in [3.05, 3.63) is 0 Å². The molecule has 0 radical (unpaired) electrons. The fourth-order valence-corrected chi connectivity index (χ4v) is 2.49. The molecule has 0 aromatic carbocycles. The summed E-state index contributed by atoms with van der Waals surface area (Å²) in [5, 5.41) is 6.21. The first-order valence-electron chi connectivity index (χ1n) is 7.12. The zero-order valence-electron chi connectivity index (χ0n) is 13.3. The fraction of sp³-hybridized carbons (Fsp3) is 0.933. The molecule has 1 amide bonds. The highest BCUT2D eigenvalue weighted by Gasteiger charge is 2.25. The van der Waals surface area contributed by atoms with Crippen LogP contribution >= 0.6 is 0 Å². The van der Waals surface area contributed by atoms with Crippen LogP contribution in [0.25, 0.3) is 0 Å². The number of carbonyl (C=O) groups is 1. The molecule has 0 saturated carbocycles. The van der Waals surface area contributed by atoms with Gasteiger partial charge < -0.3 is 10.6 Å². The summed E-state index contributed by atoms with van der Waals surface area (Å²) in [4.78, 5) is 12.2. The van der Waals surface area contributed by atoms with Crippen LogP contribution in [0.4, 0.5) is 0 Å². The van der Waals surface area contributed by atoms with Crippen LogP contribution in [0.1, 0.15) is 48.0 Å². The average Bonchev–Trinajstić information content (AvgIpc) is 2.20. The highest BCUT2D eigenvalue weighted by atomic mass is 16.1. The lowest BCUT2D eigenvalue weighted by molar-refractivity contribution is -0.126. The number of hydrogen-bond acceptors (Lipinski definition) is 2. The molecule has 0 heterocycles. The van der Waals surface area contributed by atoms with E-state index in [1.54, 1.807) is 0 Å². The Morgan fingerprint density at radius 2 is 1.72 bits per heavy atom. The summed E-state index contributed by atoms with van der Waals surface area (Å²) in [6.07, 6.45) is 1.13. The van der Waals surface area contributed by atoms with Crippen LogP contribution in [0.5, 0.6) is 0 Å². The van der Waals surface area contributed by atoms with Crippen LogP contribution in [0.2, 0.25) is 0 Å². The van der Waals surface area contributed by atoms with Gasteiger partial charge in [0.25, 0.3) is 0 Å². The molecule has 0 aliphatic carbocycles. The Morgan fingerprint density at radius 3 is 2.11 bits per heavy atom. The van der Waals surface area contributed by atoms with E-state index in [0.717, 1.165) is 19.5 Å². The topological polar surface area (TPSA) is 41.1 Å². The van der Waals surface area contributed by atoms with Crippen molar-refractivity contribution in [1.29, 1.82) is 0 Å². The molecular weight excluding hydrogens is 224 g/mol. The molecule has 108 valence electrons. The highest BCUT2D eigenvalue weighted by Crippen LogP contribution is 2.24. The number of hydrogen-bond donors (Lipinski definition) is 2. The predicted octanol–water partition coefficient (Wildman–Crippen LogP) is 2.67. The molecule has 0 aromatic heterocycles. The van der Waals surface area contributed by atoms with E-state index in [9.17, 15) is 4.79 Å². The van der Waals surface area contributed by atoms with Crippen LogP contribution in [0.3, 0.4) is 0 Å². The van der Waals surface area contributed by atoms with Gasteiger partial charge in [0.2, 0.25) is 5.91 Å². The zero-order valence-corrected chi connectivity index (χ0v) is 13.3. The second-order valence-electron chi connectivity index (χ2n) is 6.89. The minimum Gasteiger partial charge on any atom is -0.355 e. The lowest BCUT2D eigenvalue weighted by atomic mass is 9.83. The van der Waals surface area contributed by atoms with Crippen molar-refractivity contribution in [3.8, 4) is 0 Å². The summed E-state index contributed by atoms with van der Waals surface area (Å²) in [6, 6.07) is 0. The van der Waals surface area contributed by atoms with Crippen LogP contribution in [0.15, 0.2) is 0 Å². The smallest absolute Gasteiger partial charge is 0.224 e. The lowest BCUT2D eigenvalue weighted by Crippen LogP contribution is -2.42. The van der Waals surface area contributed by atoms with E-state index in [1.807, 2.05) is 7.05 Å². The van der Waals surface area contributed by atoms with Gasteiger partial charge in [0, 0.05) is 13.1 Å². The number of amides is 1. The van der Waals surface area contributed by atoms with E-state index in [4.69, 9.17) is 0 Å². The molecule has 0 bridgehead atoms.